The van der Waals surface area contributed by atoms with E-state index in [1.807, 2.05) is 0 Å². The van der Waals surface area contributed by atoms with E-state index in [1.54, 1.807) is 24.3 Å². The number of nitrogens with one attached hydrogen (secondary N) is 2. The molecule has 2 aromatic rings. The van der Waals surface area contributed by atoms with Gasteiger partial charge in [0.1, 0.15) is 5.56 Å². The van der Waals surface area contributed by atoms with Gasteiger partial charge in [0.05, 0.1) is 6.42 Å². The van der Waals surface area contributed by atoms with Gasteiger partial charge in [-0.1, -0.05) is 12.1 Å². The molecule has 0 aliphatic heterocycles. The highest BCUT2D eigenvalue weighted by molar-refractivity contribution is 6.03. The summed E-state index contributed by atoms with van der Waals surface area (Å²) >= 11 is 0. The molecule has 0 bridgehead atoms. The molecule has 6 nitrogen and oxygen atoms in total. The third kappa shape index (κ3) is 3.32. The van der Waals surface area contributed by atoms with E-state index in [-0.39, 0.29) is 17.4 Å². The minimum atomic E-state index is -0.491. The molecule has 0 aliphatic carbocycles. The van der Waals surface area contributed by atoms with Crippen LogP contribution in [-0.4, -0.2) is 16.8 Å². The quantitative estimate of drug-likeness (QED) is 0.760. The lowest BCUT2D eigenvalue weighted by atomic mass is 10.1. The molecule has 1 aromatic heterocycles. The van der Waals surface area contributed by atoms with E-state index in [1.165, 1.54) is 18.5 Å². The molecule has 0 spiro atoms. The highest BCUT2D eigenvalue weighted by atomic mass is 16.2. The summed E-state index contributed by atoms with van der Waals surface area (Å²) in [6, 6.07) is 7.96. The van der Waals surface area contributed by atoms with Gasteiger partial charge in [0.2, 0.25) is 5.91 Å². The predicted molar refractivity (Wildman–Crippen MR) is 74.4 cm³/mol. The average molecular weight is 271 g/mol. The molecule has 1 aromatic carbocycles. The molecule has 0 unspecified atom stereocenters. The fourth-order valence-corrected chi connectivity index (χ4v) is 1.70. The SMILES string of the molecule is NC(=O)Cc1ccc(NC(=O)c2c[nH]ccc2=O)cc1. The first kappa shape index (κ1) is 13.5. The van der Waals surface area contributed by atoms with E-state index in [0.717, 1.165) is 5.56 Å². The number of amides is 2. The van der Waals surface area contributed by atoms with Crippen LogP contribution in [0.4, 0.5) is 5.69 Å². The fraction of sp³-hybridized carbons (Fsp3) is 0.0714. The highest BCUT2D eigenvalue weighted by Crippen LogP contribution is 2.10. The maximum Gasteiger partial charge on any atom is 0.261 e. The van der Waals surface area contributed by atoms with Gasteiger partial charge in [0, 0.05) is 24.1 Å². The lowest BCUT2D eigenvalue weighted by molar-refractivity contribution is -0.117. The van der Waals surface area contributed by atoms with E-state index in [2.05, 4.69) is 10.3 Å². The van der Waals surface area contributed by atoms with Crippen LogP contribution in [0.25, 0.3) is 0 Å². The van der Waals surface area contributed by atoms with Crippen molar-refractivity contribution in [3.8, 4) is 0 Å². The number of benzene rings is 1. The maximum absolute atomic E-state index is 11.9. The number of rotatable bonds is 4. The summed E-state index contributed by atoms with van der Waals surface area (Å²) < 4.78 is 0. The number of nitrogens with two attached hydrogens (primary N) is 1. The first-order valence-electron chi connectivity index (χ1n) is 5.92. The van der Waals surface area contributed by atoms with Gasteiger partial charge in [-0.15, -0.1) is 0 Å². The van der Waals surface area contributed by atoms with Gasteiger partial charge < -0.3 is 16.0 Å². The Morgan fingerprint density at radius 2 is 1.85 bits per heavy atom. The number of hydrogen-bond donors (Lipinski definition) is 3. The van der Waals surface area contributed by atoms with Gasteiger partial charge in [0.15, 0.2) is 5.43 Å². The van der Waals surface area contributed by atoms with Crippen LogP contribution in [-0.2, 0) is 11.2 Å². The maximum atomic E-state index is 11.9. The summed E-state index contributed by atoms with van der Waals surface area (Å²) in [6.45, 7) is 0. The number of hydrogen-bond acceptors (Lipinski definition) is 3. The summed E-state index contributed by atoms with van der Waals surface area (Å²) in [5.74, 6) is -0.910. The van der Waals surface area contributed by atoms with Crippen molar-refractivity contribution >= 4 is 17.5 Å². The smallest absolute Gasteiger partial charge is 0.261 e. The number of anilines is 1. The Bertz CT molecular complexity index is 689. The summed E-state index contributed by atoms with van der Waals surface area (Å²) in [7, 11) is 0. The van der Waals surface area contributed by atoms with Crippen molar-refractivity contribution in [2.75, 3.05) is 5.32 Å². The first-order valence-corrected chi connectivity index (χ1v) is 5.92. The van der Waals surface area contributed by atoms with Gasteiger partial charge in [-0.3, -0.25) is 14.4 Å². The van der Waals surface area contributed by atoms with Crippen molar-refractivity contribution in [2.45, 2.75) is 6.42 Å². The topological polar surface area (TPSA) is 105 Å². The van der Waals surface area contributed by atoms with Crippen molar-refractivity contribution in [1.29, 1.82) is 0 Å². The number of aromatic nitrogens is 1. The van der Waals surface area contributed by atoms with Crippen LogP contribution in [0.2, 0.25) is 0 Å². The first-order chi connectivity index (χ1) is 9.56. The monoisotopic (exact) mass is 271 g/mol. The zero-order valence-corrected chi connectivity index (χ0v) is 10.6. The second kappa shape index (κ2) is 5.83. The Morgan fingerprint density at radius 1 is 1.15 bits per heavy atom. The molecule has 4 N–H and O–H groups in total. The average Bonchev–Trinajstić information content (AvgIpc) is 2.41. The van der Waals surface area contributed by atoms with E-state index in [0.29, 0.717) is 5.69 Å². The van der Waals surface area contributed by atoms with Crippen LogP contribution < -0.4 is 16.5 Å². The third-order valence-corrected chi connectivity index (χ3v) is 2.66. The minimum absolute atomic E-state index is 0.0358. The van der Waals surface area contributed by atoms with E-state index < -0.39 is 11.8 Å². The Balaban J connectivity index is 2.11. The van der Waals surface area contributed by atoms with E-state index in [9.17, 15) is 14.4 Å². The normalized spacial score (nSPS) is 10.0. The lowest BCUT2D eigenvalue weighted by Gasteiger charge is -2.05. The predicted octanol–water partition coefficient (Wildman–Crippen LogP) is 0.655. The van der Waals surface area contributed by atoms with Crippen LogP contribution in [0.5, 0.6) is 0 Å². The highest BCUT2D eigenvalue weighted by Gasteiger charge is 2.09. The number of primary amides is 1. The molecule has 2 rings (SSSR count). The molecular formula is C14H13N3O3. The van der Waals surface area contributed by atoms with Crippen molar-refractivity contribution in [3.05, 3.63) is 64.1 Å². The van der Waals surface area contributed by atoms with Crippen molar-refractivity contribution < 1.29 is 9.59 Å². The Labute approximate surface area is 114 Å². The Hall–Kier alpha value is -2.89. The Morgan fingerprint density at radius 3 is 2.45 bits per heavy atom. The van der Waals surface area contributed by atoms with Gasteiger partial charge in [-0.25, -0.2) is 0 Å². The van der Waals surface area contributed by atoms with Crippen LogP contribution in [0.15, 0.2) is 47.5 Å². The molecule has 0 atom stereocenters. The molecule has 0 aliphatic rings. The number of carbonyl (C=O) groups is 2. The number of H-pyrrole nitrogens is 1. The van der Waals surface area contributed by atoms with Gasteiger partial charge in [0.25, 0.3) is 5.91 Å². The largest absolute Gasteiger partial charge is 0.369 e. The fourth-order valence-electron chi connectivity index (χ4n) is 1.70. The zero-order chi connectivity index (χ0) is 14.5. The van der Waals surface area contributed by atoms with E-state index in [4.69, 9.17) is 5.73 Å². The summed E-state index contributed by atoms with van der Waals surface area (Å²) in [5, 5.41) is 2.60. The standard InChI is InChI=1S/C14H13N3O3/c15-13(19)7-9-1-3-10(4-2-9)17-14(20)11-8-16-6-5-12(11)18/h1-6,8H,7H2,(H2,15,19)(H,16,18)(H,17,20). The summed E-state index contributed by atoms with van der Waals surface area (Å²) in [5.41, 5.74) is 6.06. The second-order valence-corrected chi connectivity index (χ2v) is 4.22. The van der Waals surface area contributed by atoms with E-state index >= 15 is 0 Å². The molecule has 0 saturated carbocycles. The van der Waals surface area contributed by atoms with Gasteiger partial charge in [-0.05, 0) is 17.7 Å². The molecule has 102 valence electrons. The summed E-state index contributed by atoms with van der Waals surface area (Å²) in [4.78, 5) is 36.8. The molecular weight excluding hydrogens is 258 g/mol. The lowest BCUT2D eigenvalue weighted by Crippen LogP contribution is -2.20. The van der Waals surface area contributed by atoms with Crippen LogP contribution in [0, 0.1) is 0 Å². The second-order valence-electron chi connectivity index (χ2n) is 4.22. The number of pyridine rings is 1. The Kier molecular flexibility index (Phi) is 3.95. The van der Waals surface area contributed by atoms with Gasteiger partial charge in [-0.2, -0.15) is 0 Å². The van der Waals surface area contributed by atoms with Crippen LogP contribution >= 0.6 is 0 Å². The van der Waals surface area contributed by atoms with Gasteiger partial charge >= 0.3 is 0 Å². The molecule has 20 heavy (non-hydrogen) atoms. The summed E-state index contributed by atoms with van der Waals surface area (Å²) in [6.07, 6.45) is 2.95. The zero-order valence-electron chi connectivity index (χ0n) is 10.6. The number of aromatic amines is 1. The molecule has 0 radical (unpaired) electrons. The number of carbonyl (C=O) groups excluding carboxylic acids is 2. The van der Waals surface area contributed by atoms with Crippen molar-refractivity contribution in [1.82, 2.24) is 4.98 Å². The van der Waals surface area contributed by atoms with Crippen molar-refractivity contribution in [3.63, 3.8) is 0 Å². The van der Waals surface area contributed by atoms with Crippen LogP contribution in [0.3, 0.4) is 0 Å². The molecule has 0 fully saturated rings. The third-order valence-electron chi connectivity index (χ3n) is 2.66. The van der Waals surface area contributed by atoms with Crippen molar-refractivity contribution in [2.24, 2.45) is 5.73 Å². The minimum Gasteiger partial charge on any atom is -0.369 e. The molecule has 0 saturated heterocycles. The molecule has 6 heteroatoms. The van der Waals surface area contributed by atoms with Crippen LogP contribution in [0.1, 0.15) is 15.9 Å². The molecule has 2 amide bonds. The molecule has 1 heterocycles.